The molecule has 1 saturated heterocycles. The molecule has 1 fully saturated rings. The van der Waals surface area contributed by atoms with Crippen molar-refractivity contribution in [2.45, 2.75) is 31.6 Å². The van der Waals surface area contributed by atoms with Gasteiger partial charge < -0.3 is 4.90 Å². The topological polar surface area (TPSA) is 92.6 Å². The third kappa shape index (κ3) is 4.69. The van der Waals surface area contributed by atoms with Gasteiger partial charge in [0.15, 0.2) is 0 Å². The van der Waals surface area contributed by atoms with Crippen molar-refractivity contribution >= 4 is 21.4 Å². The Morgan fingerprint density at radius 1 is 1.14 bits per heavy atom. The summed E-state index contributed by atoms with van der Waals surface area (Å²) in [5.41, 5.74) is 2.54. The number of sulfonamides is 1. The molecular formula is C20H25N3O4S. The van der Waals surface area contributed by atoms with E-state index in [-0.39, 0.29) is 21.4 Å². The zero-order chi connectivity index (χ0) is 20.3. The van der Waals surface area contributed by atoms with Gasteiger partial charge in [-0.25, -0.2) is 13.1 Å². The van der Waals surface area contributed by atoms with Gasteiger partial charge in [0.1, 0.15) is 5.69 Å². The second-order valence-corrected chi connectivity index (χ2v) is 9.14. The lowest BCUT2D eigenvalue weighted by Gasteiger charge is -2.34. The number of rotatable bonds is 6. The molecule has 3 rings (SSSR count). The number of nitro benzene ring substituents is 1. The number of aryl methyl sites for hydroxylation is 2. The van der Waals surface area contributed by atoms with Crippen LogP contribution in [-0.2, 0) is 10.0 Å². The Balaban J connectivity index is 1.69. The number of hydrogen-bond acceptors (Lipinski definition) is 5. The minimum Gasteiger partial charge on any atom is -0.366 e. The molecule has 0 aliphatic carbocycles. The lowest BCUT2D eigenvalue weighted by atomic mass is 9.97. The van der Waals surface area contributed by atoms with Gasteiger partial charge in [-0.05, 0) is 56.4 Å². The van der Waals surface area contributed by atoms with Crippen LogP contribution >= 0.6 is 0 Å². The molecule has 1 aliphatic rings. The highest BCUT2D eigenvalue weighted by atomic mass is 32.2. The van der Waals surface area contributed by atoms with Crippen LogP contribution in [0.4, 0.5) is 11.4 Å². The lowest BCUT2D eigenvalue weighted by Crippen LogP contribution is -2.41. The van der Waals surface area contributed by atoms with E-state index in [1.54, 1.807) is 36.4 Å². The van der Waals surface area contributed by atoms with E-state index in [1.807, 2.05) is 24.8 Å². The maximum atomic E-state index is 12.5. The smallest absolute Gasteiger partial charge is 0.292 e. The van der Waals surface area contributed by atoms with Crippen LogP contribution < -0.4 is 9.62 Å². The highest BCUT2D eigenvalue weighted by molar-refractivity contribution is 7.89. The van der Waals surface area contributed by atoms with Gasteiger partial charge >= 0.3 is 0 Å². The van der Waals surface area contributed by atoms with E-state index in [4.69, 9.17) is 0 Å². The van der Waals surface area contributed by atoms with Gasteiger partial charge in [-0.2, -0.15) is 0 Å². The maximum Gasteiger partial charge on any atom is 0.292 e. The van der Waals surface area contributed by atoms with Crippen molar-refractivity contribution in [3.63, 3.8) is 0 Å². The fourth-order valence-corrected chi connectivity index (χ4v) is 4.64. The third-order valence-corrected chi connectivity index (χ3v) is 6.52. The first kappa shape index (κ1) is 20.3. The normalized spacial score (nSPS) is 17.5. The highest BCUT2D eigenvalue weighted by Crippen LogP contribution is 2.32. The second-order valence-electron chi connectivity index (χ2n) is 7.37. The van der Waals surface area contributed by atoms with Crippen LogP contribution in [0.2, 0.25) is 0 Å². The number of nitrogens with one attached hydrogen (secondary N) is 1. The molecule has 1 atom stereocenters. The van der Waals surface area contributed by atoms with Crippen LogP contribution in [0, 0.1) is 29.9 Å². The Kier molecular flexibility index (Phi) is 6.00. The fourth-order valence-electron chi connectivity index (χ4n) is 3.53. The van der Waals surface area contributed by atoms with E-state index in [9.17, 15) is 18.5 Å². The van der Waals surface area contributed by atoms with Gasteiger partial charge in [-0.15, -0.1) is 0 Å². The van der Waals surface area contributed by atoms with Crippen LogP contribution in [-0.4, -0.2) is 33.0 Å². The molecule has 150 valence electrons. The molecule has 1 heterocycles. The molecule has 28 heavy (non-hydrogen) atoms. The van der Waals surface area contributed by atoms with E-state index < -0.39 is 10.0 Å². The molecule has 1 unspecified atom stereocenters. The Labute approximate surface area is 165 Å². The molecule has 2 aromatic carbocycles. The summed E-state index contributed by atoms with van der Waals surface area (Å²) >= 11 is 0. The first-order valence-electron chi connectivity index (χ1n) is 9.32. The molecule has 0 amide bonds. The van der Waals surface area contributed by atoms with E-state index in [0.29, 0.717) is 18.8 Å². The quantitative estimate of drug-likeness (QED) is 0.589. The zero-order valence-corrected chi connectivity index (χ0v) is 16.9. The van der Waals surface area contributed by atoms with Crippen LogP contribution in [0.5, 0.6) is 0 Å². The van der Waals surface area contributed by atoms with Crippen molar-refractivity contribution in [3.8, 4) is 0 Å². The molecule has 0 bridgehead atoms. The Morgan fingerprint density at radius 3 is 2.50 bits per heavy atom. The van der Waals surface area contributed by atoms with Gasteiger partial charge in [0.2, 0.25) is 10.0 Å². The number of nitro groups is 1. The van der Waals surface area contributed by atoms with Crippen LogP contribution in [0.1, 0.15) is 24.0 Å². The van der Waals surface area contributed by atoms with Crippen molar-refractivity contribution in [2.24, 2.45) is 5.92 Å². The molecule has 0 radical (unpaired) electrons. The van der Waals surface area contributed by atoms with Gasteiger partial charge in [0.25, 0.3) is 5.69 Å². The molecule has 0 spiro atoms. The average Bonchev–Trinajstić information content (AvgIpc) is 2.67. The summed E-state index contributed by atoms with van der Waals surface area (Å²) in [5, 5.41) is 11.4. The molecular weight excluding hydrogens is 378 g/mol. The predicted octanol–water partition coefficient (Wildman–Crippen LogP) is 3.41. The minimum absolute atomic E-state index is 0.0925. The fraction of sp³-hybridized carbons (Fsp3) is 0.400. The molecule has 0 saturated carbocycles. The maximum absolute atomic E-state index is 12.5. The van der Waals surface area contributed by atoms with Gasteiger partial charge in [0.05, 0.1) is 9.82 Å². The third-order valence-electron chi connectivity index (χ3n) is 5.08. The first-order valence-corrected chi connectivity index (χ1v) is 10.8. The SMILES string of the molecule is Cc1ccc(S(=O)(=O)NCC2CCCN(c3ccc(C)cc3[N+](=O)[O-])C2)cc1. The minimum atomic E-state index is -3.56. The van der Waals surface area contributed by atoms with Crippen LogP contribution in [0.25, 0.3) is 0 Å². The van der Waals surface area contributed by atoms with Crippen molar-refractivity contribution in [1.82, 2.24) is 4.72 Å². The van der Waals surface area contributed by atoms with Gasteiger partial charge in [-0.1, -0.05) is 23.8 Å². The summed E-state index contributed by atoms with van der Waals surface area (Å²) in [6.07, 6.45) is 1.74. The molecule has 1 aliphatic heterocycles. The van der Waals surface area contributed by atoms with E-state index >= 15 is 0 Å². The Morgan fingerprint density at radius 2 is 1.82 bits per heavy atom. The van der Waals surface area contributed by atoms with E-state index in [1.165, 1.54) is 0 Å². The zero-order valence-electron chi connectivity index (χ0n) is 16.1. The summed E-state index contributed by atoms with van der Waals surface area (Å²) in [4.78, 5) is 13.3. The first-order chi connectivity index (χ1) is 13.3. The van der Waals surface area contributed by atoms with Gasteiger partial charge in [0, 0.05) is 25.7 Å². The number of nitrogens with zero attached hydrogens (tertiary/aromatic N) is 2. The summed E-state index contributed by atoms with van der Waals surface area (Å²) in [5.74, 6) is 0.0925. The molecule has 0 aromatic heterocycles. The summed E-state index contributed by atoms with van der Waals surface area (Å²) < 4.78 is 27.7. The summed E-state index contributed by atoms with van der Waals surface area (Å²) in [7, 11) is -3.56. The van der Waals surface area contributed by atoms with Crippen LogP contribution in [0.3, 0.4) is 0 Å². The molecule has 8 heteroatoms. The molecule has 2 aromatic rings. The molecule has 1 N–H and O–H groups in total. The summed E-state index contributed by atoms with van der Waals surface area (Å²) in [6, 6.07) is 12.0. The van der Waals surface area contributed by atoms with Crippen molar-refractivity contribution in [3.05, 3.63) is 63.7 Å². The standard InChI is InChI=1S/C20H25N3O4S/c1-15-5-8-18(9-6-15)28(26,27)21-13-17-4-3-11-22(14-17)19-10-7-16(2)12-20(19)23(24)25/h5-10,12,17,21H,3-4,11,13-14H2,1-2H3. The largest absolute Gasteiger partial charge is 0.366 e. The molecule has 7 nitrogen and oxygen atoms in total. The van der Waals surface area contributed by atoms with Crippen molar-refractivity contribution in [1.29, 1.82) is 0 Å². The number of piperidine rings is 1. The second kappa shape index (κ2) is 8.28. The van der Waals surface area contributed by atoms with Gasteiger partial charge in [-0.3, -0.25) is 10.1 Å². The summed E-state index contributed by atoms with van der Waals surface area (Å²) in [6.45, 7) is 5.36. The number of anilines is 1. The van der Waals surface area contributed by atoms with Crippen molar-refractivity contribution < 1.29 is 13.3 Å². The number of hydrogen-bond donors (Lipinski definition) is 1. The van der Waals surface area contributed by atoms with E-state index in [2.05, 4.69) is 4.72 Å². The predicted molar refractivity (Wildman–Crippen MR) is 109 cm³/mol. The average molecular weight is 404 g/mol. The van der Waals surface area contributed by atoms with E-state index in [0.717, 1.165) is 30.5 Å². The Bertz CT molecular complexity index is 958. The van der Waals surface area contributed by atoms with Crippen LogP contribution in [0.15, 0.2) is 47.4 Å². The monoisotopic (exact) mass is 403 g/mol. The van der Waals surface area contributed by atoms with Crippen molar-refractivity contribution in [2.75, 3.05) is 24.5 Å². The number of benzene rings is 2. The lowest BCUT2D eigenvalue weighted by molar-refractivity contribution is -0.384. The highest BCUT2D eigenvalue weighted by Gasteiger charge is 2.26. The Hall–Kier alpha value is -2.45.